The number of ketones is 1. The van der Waals surface area contributed by atoms with Gasteiger partial charge in [-0.05, 0) is 72.4 Å². The van der Waals surface area contributed by atoms with Gasteiger partial charge in [0, 0.05) is 31.0 Å². The average Bonchev–Trinajstić information content (AvgIpc) is 3.58. The first kappa shape index (κ1) is 26.4. The molecular formula is C33H35NO6. The molecule has 40 heavy (non-hydrogen) atoms. The van der Waals surface area contributed by atoms with Gasteiger partial charge < -0.3 is 19.5 Å². The van der Waals surface area contributed by atoms with Gasteiger partial charge in [0.2, 0.25) is 0 Å². The molecule has 7 nitrogen and oxygen atoms in total. The van der Waals surface area contributed by atoms with Gasteiger partial charge in [-0.2, -0.15) is 0 Å². The number of carbonyl (C=O) groups excluding carboxylic acids is 2. The van der Waals surface area contributed by atoms with Crippen LogP contribution in [0.4, 0.5) is 0 Å². The third-order valence-corrected chi connectivity index (χ3v) is 9.34. The van der Waals surface area contributed by atoms with Crippen molar-refractivity contribution < 1.29 is 29.0 Å². The highest BCUT2D eigenvalue weighted by Crippen LogP contribution is 2.61. The van der Waals surface area contributed by atoms with Crippen LogP contribution in [0.25, 0.3) is 11.1 Å². The molecule has 0 saturated heterocycles. The Hall–Kier alpha value is -3.87. The Bertz CT molecular complexity index is 1560. The van der Waals surface area contributed by atoms with Gasteiger partial charge in [-0.3, -0.25) is 9.59 Å². The molecule has 1 amide bonds. The molecule has 2 aromatic carbocycles. The van der Waals surface area contributed by atoms with Crippen molar-refractivity contribution in [3.63, 3.8) is 0 Å². The van der Waals surface area contributed by atoms with Crippen molar-refractivity contribution in [2.24, 2.45) is 11.3 Å². The number of carboxylic acid groups (broad SMARTS) is 1. The molecule has 4 aliphatic rings. The van der Waals surface area contributed by atoms with Crippen LogP contribution in [0.15, 0.2) is 53.0 Å². The van der Waals surface area contributed by atoms with Crippen molar-refractivity contribution in [2.45, 2.75) is 65.3 Å². The Morgan fingerprint density at radius 2 is 1.82 bits per heavy atom. The lowest BCUT2D eigenvalue weighted by molar-refractivity contribution is -0.126. The summed E-state index contributed by atoms with van der Waals surface area (Å²) in [5.41, 5.74) is 5.15. The molecular weight excluding hydrogens is 506 g/mol. The molecule has 0 bridgehead atoms. The number of hydrogen-bond donors (Lipinski definition) is 1. The summed E-state index contributed by atoms with van der Waals surface area (Å²) in [5.74, 6) is 0.333. The summed E-state index contributed by atoms with van der Waals surface area (Å²) in [6.07, 6.45) is 3.19. The number of ether oxygens (including phenoxy) is 2. The molecule has 208 valence electrons. The number of allylic oxidation sites excluding steroid dienone is 2. The molecule has 0 unspecified atom stereocenters. The van der Waals surface area contributed by atoms with Crippen LogP contribution in [0.1, 0.15) is 72.5 Å². The number of benzene rings is 2. The smallest absolute Gasteiger partial charge is 0.335 e. The van der Waals surface area contributed by atoms with Crippen molar-refractivity contribution in [3.05, 3.63) is 75.3 Å². The third-order valence-electron chi connectivity index (χ3n) is 9.34. The predicted octanol–water partition coefficient (Wildman–Crippen LogP) is 5.94. The summed E-state index contributed by atoms with van der Waals surface area (Å²) in [4.78, 5) is 41.5. The molecule has 2 aliphatic carbocycles. The third kappa shape index (κ3) is 3.81. The van der Waals surface area contributed by atoms with Crippen molar-refractivity contribution in [3.8, 4) is 16.9 Å². The molecule has 1 spiro atoms. The molecule has 0 radical (unpaired) electrons. The average molecular weight is 542 g/mol. The van der Waals surface area contributed by atoms with E-state index < -0.39 is 11.9 Å². The molecule has 2 aliphatic heterocycles. The van der Waals surface area contributed by atoms with Crippen LogP contribution in [0.3, 0.4) is 0 Å². The fourth-order valence-corrected chi connectivity index (χ4v) is 7.06. The molecule has 1 saturated carbocycles. The van der Waals surface area contributed by atoms with Gasteiger partial charge in [-0.25, -0.2) is 4.79 Å². The summed E-state index contributed by atoms with van der Waals surface area (Å²) in [6.45, 7) is 7.89. The summed E-state index contributed by atoms with van der Waals surface area (Å²) < 4.78 is 12.5. The second-order valence-corrected chi connectivity index (χ2v) is 12.2. The number of amides is 1. The normalized spacial score (nSPS) is 23.0. The second kappa shape index (κ2) is 9.08. The van der Waals surface area contributed by atoms with Gasteiger partial charge in [0.15, 0.2) is 5.78 Å². The summed E-state index contributed by atoms with van der Waals surface area (Å²) in [7, 11) is 3.40. The van der Waals surface area contributed by atoms with Gasteiger partial charge >= 0.3 is 5.97 Å². The number of aryl methyl sites for hydroxylation is 1. The quantitative estimate of drug-likeness (QED) is 0.504. The standard InChI is InChI=1S/C33H35NO6/c1-16(2)29-30-28(31(36)34(29)5)27(26-22(35)14-33(11-12-33)15-24(26)40-30)25-18(4)20(9-10-23(25)39-6)19-8-7-17(3)21(13-19)32(37)38/h7-10,13,16,27,29H,11-12,14-15H2,1-6H3,(H,37,38)/t27-,29+/m0/s1. The van der Waals surface area contributed by atoms with Gasteiger partial charge in [-0.15, -0.1) is 0 Å². The summed E-state index contributed by atoms with van der Waals surface area (Å²) in [6, 6.07) is 8.94. The molecule has 2 atom stereocenters. The number of hydrogen-bond acceptors (Lipinski definition) is 5. The van der Waals surface area contributed by atoms with E-state index in [9.17, 15) is 19.5 Å². The van der Waals surface area contributed by atoms with Crippen molar-refractivity contribution in [2.75, 3.05) is 14.2 Å². The van der Waals surface area contributed by atoms with E-state index in [0.717, 1.165) is 35.1 Å². The van der Waals surface area contributed by atoms with E-state index in [1.165, 1.54) is 0 Å². The van der Waals surface area contributed by atoms with E-state index in [-0.39, 0.29) is 34.6 Å². The van der Waals surface area contributed by atoms with Gasteiger partial charge in [0.05, 0.1) is 30.2 Å². The molecule has 0 aromatic heterocycles. The first-order valence-electron chi connectivity index (χ1n) is 13.9. The Balaban J connectivity index is 1.61. The maximum absolute atomic E-state index is 13.9. The van der Waals surface area contributed by atoms with Crippen LogP contribution < -0.4 is 4.74 Å². The van der Waals surface area contributed by atoms with E-state index in [0.29, 0.717) is 46.8 Å². The zero-order valence-corrected chi connectivity index (χ0v) is 23.9. The zero-order chi connectivity index (χ0) is 28.7. The monoisotopic (exact) mass is 541 g/mol. The minimum absolute atomic E-state index is 0.0174. The lowest BCUT2D eigenvalue weighted by Gasteiger charge is -2.36. The highest BCUT2D eigenvalue weighted by Gasteiger charge is 2.56. The number of likely N-dealkylation sites (N-methyl/N-ethyl adjacent to an activating group) is 1. The zero-order valence-electron chi connectivity index (χ0n) is 23.9. The van der Waals surface area contributed by atoms with Crippen LogP contribution in [-0.4, -0.2) is 47.9 Å². The second-order valence-electron chi connectivity index (χ2n) is 12.2. The van der Waals surface area contributed by atoms with Crippen LogP contribution >= 0.6 is 0 Å². The number of nitrogens with zero attached hydrogens (tertiary/aromatic N) is 1. The molecule has 1 N–H and O–H groups in total. The Labute approximate surface area is 234 Å². The molecule has 1 fully saturated rings. The Kier molecular flexibility index (Phi) is 5.98. The van der Waals surface area contributed by atoms with Gasteiger partial charge in [-0.1, -0.05) is 32.0 Å². The van der Waals surface area contributed by atoms with E-state index in [1.807, 2.05) is 25.1 Å². The Morgan fingerprint density at radius 3 is 2.45 bits per heavy atom. The predicted molar refractivity (Wildman–Crippen MR) is 150 cm³/mol. The van der Waals surface area contributed by atoms with Crippen LogP contribution in [0.5, 0.6) is 5.75 Å². The van der Waals surface area contributed by atoms with E-state index in [4.69, 9.17) is 9.47 Å². The maximum Gasteiger partial charge on any atom is 0.335 e. The highest BCUT2D eigenvalue weighted by atomic mass is 16.5. The van der Waals surface area contributed by atoms with Crippen LogP contribution in [0.2, 0.25) is 0 Å². The molecule has 2 heterocycles. The number of aromatic carboxylic acids is 1. The van der Waals surface area contributed by atoms with Crippen molar-refractivity contribution >= 4 is 17.7 Å². The molecule has 6 rings (SSSR count). The SMILES string of the molecule is COc1ccc(-c2ccc(C)c(C(=O)O)c2)c(C)c1[C@H]1C2=C(CC3(CC3)CC2=O)OC2=C1C(=O)N(C)[C@@H]2C(C)C. The number of carbonyl (C=O) groups is 3. The molecule has 7 heteroatoms. The van der Waals surface area contributed by atoms with Crippen molar-refractivity contribution in [1.29, 1.82) is 0 Å². The van der Waals surface area contributed by atoms with Crippen LogP contribution in [0, 0.1) is 25.2 Å². The first-order chi connectivity index (χ1) is 19.0. The molecule has 2 aromatic rings. The first-order valence-corrected chi connectivity index (χ1v) is 13.9. The maximum atomic E-state index is 13.9. The minimum Gasteiger partial charge on any atom is -0.496 e. The summed E-state index contributed by atoms with van der Waals surface area (Å²) in [5, 5.41) is 9.75. The summed E-state index contributed by atoms with van der Waals surface area (Å²) >= 11 is 0. The fourth-order valence-electron chi connectivity index (χ4n) is 7.06. The number of rotatable bonds is 5. The fraction of sp³-hybridized carbons (Fsp3) is 0.424. The van der Waals surface area contributed by atoms with Gasteiger partial charge in [0.25, 0.3) is 5.91 Å². The largest absolute Gasteiger partial charge is 0.496 e. The highest BCUT2D eigenvalue weighted by molar-refractivity contribution is 6.07. The van der Waals surface area contributed by atoms with E-state index in [1.54, 1.807) is 38.1 Å². The van der Waals surface area contributed by atoms with E-state index >= 15 is 0 Å². The minimum atomic E-state index is -0.985. The van der Waals surface area contributed by atoms with E-state index in [2.05, 4.69) is 13.8 Å². The van der Waals surface area contributed by atoms with Crippen molar-refractivity contribution in [1.82, 2.24) is 4.90 Å². The van der Waals surface area contributed by atoms with Crippen LogP contribution in [-0.2, 0) is 14.3 Å². The number of Topliss-reactive ketones (excluding diaryl/α,β-unsaturated/α-hetero) is 1. The van der Waals surface area contributed by atoms with Gasteiger partial charge in [0.1, 0.15) is 17.3 Å². The topological polar surface area (TPSA) is 93.1 Å². The Morgan fingerprint density at radius 1 is 1.10 bits per heavy atom. The number of carboxylic acids is 1. The number of methoxy groups -OCH3 is 1. The lowest BCUT2D eigenvalue weighted by atomic mass is 9.71. The lowest BCUT2D eigenvalue weighted by Crippen LogP contribution is -2.36.